The number of phosphoric acid groups is 2. The van der Waals surface area contributed by atoms with Crippen molar-refractivity contribution in [1.82, 2.24) is 0 Å². The molecule has 1 saturated heterocycles. The Kier molecular flexibility index (Phi) is 26.5. The SMILES string of the molecule is CC[C@H](C)C(=O)O[C@H]1C[C@@H](C)C=C2C=C[C@H](C)[C@H](CC[C@@H]3C[C@@H](O)CC(=O)O3)[C@H]21.O=P([O-])([O-])[O-].O=P([O-])([O-])[O-].[Ca+2].[Ca+2].[Ca+2]. The Morgan fingerprint density at radius 1 is 1.05 bits per heavy atom. The monoisotopic (exact) mass is 714 g/mol. The van der Waals surface area contributed by atoms with E-state index in [9.17, 15) is 14.7 Å². The van der Waals surface area contributed by atoms with E-state index < -0.39 is 21.7 Å². The molecule has 1 aliphatic heterocycles. The predicted octanol–water partition coefficient (Wildman–Crippen LogP) is -2.60. The Labute approximate surface area is 336 Å². The minimum absolute atomic E-state index is 0. The van der Waals surface area contributed by atoms with E-state index in [0.29, 0.717) is 24.2 Å². The van der Waals surface area contributed by atoms with Crippen molar-refractivity contribution < 1.29 is 62.7 Å². The first-order valence-corrected chi connectivity index (χ1v) is 15.6. The molecule has 0 aromatic rings. The summed E-state index contributed by atoms with van der Waals surface area (Å²) >= 11 is 0. The van der Waals surface area contributed by atoms with Gasteiger partial charge in [0, 0.05) is 12.3 Å². The third-order valence-corrected chi connectivity index (χ3v) is 6.93. The van der Waals surface area contributed by atoms with Crippen LogP contribution >= 0.6 is 15.6 Å². The number of allylic oxidation sites excluding steroid dienone is 3. The van der Waals surface area contributed by atoms with Crippen LogP contribution in [0.1, 0.15) is 66.2 Å². The summed E-state index contributed by atoms with van der Waals surface area (Å²) in [5, 5.41) is 9.89. The van der Waals surface area contributed by atoms with Crippen molar-refractivity contribution in [3.05, 3.63) is 23.8 Å². The maximum atomic E-state index is 12.5. The summed E-state index contributed by atoms with van der Waals surface area (Å²) in [7, 11) is -10.8. The van der Waals surface area contributed by atoms with Gasteiger partial charge < -0.3 is 53.1 Å². The maximum absolute atomic E-state index is 12.5. The van der Waals surface area contributed by atoms with Crippen LogP contribution in [-0.4, -0.2) is 149 Å². The summed E-state index contributed by atoms with van der Waals surface area (Å²) in [5.74, 6) is 0.755. The molecule has 13 nitrogen and oxygen atoms in total. The van der Waals surface area contributed by atoms with Crippen LogP contribution in [0.15, 0.2) is 23.8 Å². The van der Waals surface area contributed by atoms with Gasteiger partial charge in [-0.1, -0.05) is 45.9 Å². The molecule has 1 heterocycles. The number of carbonyl (C=O) groups is 2. The molecular weight excluding hydrogens is 678 g/mol. The topological polar surface area (TPSA) is 245 Å². The fourth-order valence-electron chi connectivity index (χ4n) is 5.07. The van der Waals surface area contributed by atoms with Gasteiger partial charge in [-0.15, -0.1) is 0 Å². The van der Waals surface area contributed by atoms with Gasteiger partial charge in [-0.2, -0.15) is 15.6 Å². The first kappa shape index (κ1) is 48.8. The molecule has 0 saturated carbocycles. The van der Waals surface area contributed by atoms with Gasteiger partial charge in [0.15, 0.2) is 0 Å². The van der Waals surface area contributed by atoms with E-state index in [4.69, 9.17) is 48.0 Å². The number of hydrogen-bond donors (Lipinski definition) is 1. The maximum Gasteiger partial charge on any atom is 2.00 e. The Morgan fingerprint density at radius 3 is 2.05 bits per heavy atom. The largest absolute Gasteiger partial charge is 2.00 e. The van der Waals surface area contributed by atoms with Gasteiger partial charge in [0.05, 0.1) is 18.4 Å². The van der Waals surface area contributed by atoms with Crippen molar-refractivity contribution >= 4 is 141 Å². The van der Waals surface area contributed by atoms with Crippen LogP contribution in [0.4, 0.5) is 0 Å². The van der Waals surface area contributed by atoms with Gasteiger partial charge in [0.1, 0.15) is 12.2 Å². The Bertz CT molecular complexity index is 948. The molecule has 0 unspecified atom stereocenters. The molecule has 0 amide bonds. The van der Waals surface area contributed by atoms with Gasteiger partial charge in [-0.25, -0.2) is 0 Å². The Balaban J connectivity index is -0.00000101. The number of esters is 2. The van der Waals surface area contributed by atoms with E-state index >= 15 is 0 Å². The minimum Gasteiger partial charge on any atom is -0.822 e. The number of carbonyl (C=O) groups excluding carboxylic acids is 2. The quantitative estimate of drug-likeness (QED) is 0.169. The second-order valence-corrected chi connectivity index (χ2v) is 12.0. The molecule has 1 fully saturated rings. The second kappa shape index (κ2) is 22.9. The van der Waals surface area contributed by atoms with Gasteiger partial charge in [0.2, 0.25) is 0 Å². The molecule has 0 aromatic carbocycles. The molecule has 1 N–H and O–H groups in total. The molecule has 3 aliphatic rings. The van der Waals surface area contributed by atoms with Gasteiger partial charge >= 0.3 is 125 Å². The third kappa shape index (κ3) is 21.3. The van der Waals surface area contributed by atoms with Crippen molar-refractivity contribution in [2.45, 2.75) is 84.5 Å². The number of rotatable bonds is 6. The van der Waals surface area contributed by atoms with Crippen molar-refractivity contribution in [3.63, 3.8) is 0 Å². The summed E-state index contributed by atoms with van der Waals surface area (Å²) in [6, 6.07) is 0. The summed E-state index contributed by atoms with van der Waals surface area (Å²) in [6.45, 7) is 8.33. The summed E-state index contributed by atoms with van der Waals surface area (Å²) < 4.78 is 28.6. The molecule has 3 rings (SSSR count). The average molecular weight is 715 g/mol. The fraction of sp³-hybridized carbons (Fsp3) is 0.750. The van der Waals surface area contributed by atoms with Gasteiger partial charge in [0.25, 0.3) is 0 Å². The number of fused-ring (bicyclic) bond motifs is 1. The molecule has 0 radical (unpaired) electrons. The van der Waals surface area contributed by atoms with Gasteiger partial charge in [-0.3, -0.25) is 9.59 Å². The van der Waals surface area contributed by atoms with Crippen molar-refractivity contribution in [1.29, 1.82) is 0 Å². The summed E-state index contributed by atoms with van der Waals surface area (Å²) in [6.07, 6.45) is 9.70. The minimum atomic E-state index is -5.39. The molecule has 226 valence electrons. The van der Waals surface area contributed by atoms with E-state index in [1.807, 2.05) is 13.8 Å². The molecule has 8 atom stereocenters. The van der Waals surface area contributed by atoms with Crippen LogP contribution in [0, 0.1) is 29.6 Å². The number of aliphatic hydroxyl groups is 1. The summed E-state index contributed by atoms with van der Waals surface area (Å²) in [4.78, 5) is 75.5. The average Bonchev–Trinajstić information content (AvgIpc) is 2.75. The predicted molar refractivity (Wildman–Crippen MR) is 143 cm³/mol. The molecule has 0 aromatic heterocycles. The Morgan fingerprint density at radius 2 is 1.57 bits per heavy atom. The van der Waals surface area contributed by atoms with E-state index in [1.54, 1.807) is 0 Å². The Hall–Kier alpha value is 2.38. The zero-order chi connectivity index (χ0) is 30.1. The number of ether oxygens (including phenoxy) is 2. The first-order chi connectivity index (χ1) is 17.8. The van der Waals surface area contributed by atoms with E-state index in [1.165, 1.54) is 5.57 Å². The molecule has 2 aliphatic carbocycles. The molecule has 0 bridgehead atoms. The standard InChI is InChI=1S/C24H36O5.3Ca.2H3O4P/c1-5-15(3)24(27)29-21-11-14(2)10-17-7-6-16(4)20(23(17)21)9-8-19-12-18(25)13-22(26)28-19;;;;2*1-5(2,3)4/h6-7,10,14-16,18-21,23,25H,5,8-9,11-13H2,1-4H3;;;;2*(H3,1,2,3,4)/q;3*+2;;/p-6/t14-,15-,16-,18+,19+,20-,21-,23-;;;;;/m0...../s1. The zero-order valence-corrected chi connectivity index (χ0v) is 32.9. The molecule has 42 heavy (non-hydrogen) atoms. The van der Waals surface area contributed by atoms with Crippen molar-refractivity contribution in [2.75, 3.05) is 0 Å². The zero-order valence-electron chi connectivity index (χ0n) is 24.5. The number of hydrogen-bond acceptors (Lipinski definition) is 13. The molecular formula is C24H36Ca3O13P2. The van der Waals surface area contributed by atoms with Crippen molar-refractivity contribution in [2.24, 2.45) is 29.6 Å². The van der Waals surface area contributed by atoms with Crippen LogP contribution in [-0.2, 0) is 28.2 Å². The van der Waals surface area contributed by atoms with Gasteiger partial charge in [-0.05, 0) is 49.0 Å². The normalized spacial score (nSPS) is 29.0. The number of aliphatic hydroxyl groups excluding tert-OH is 1. The summed E-state index contributed by atoms with van der Waals surface area (Å²) in [5.41, 5.74) is 1.27. The third-order valence-electron chi connectivity index (χ3n) is 6.93. The van der Waals surface area contributed by atoms with Crippen LogP contribution in [0.2, 0.25) is 0 Å². The van der Waals surface area contributed by atoms with Crippen molar-refractivity contribution in [3.8, 4) is 0 Å². The van der Waals surface area contributed by atoms with Crippen LogP contribution in [0.5, 0.6) is 0 Å². The van der Waals surface area contributed by atoms with Crippen LogP contribution in [0.25, 0.3) is 0 Å². The first-order valence-electron chi connectivity index (χ1n) is 12.7. The van der Waals surface area contributed by atoms with Crippen LogP contribution < -0.4 is 29.4 Å². The van der Waals surface area contributed by atoms with Crippen LogP contribution in [0.3, 0.4) is 0 Å². The molecule has 0 spiro atoms. The van der Waals surface area contributed by atoms with E-state index in [-0.39, 0.29) is 156 Å². The second-order valence-electron chi connectivity index (χ2n) is 10.2. The number of cyclic esters (lactones) is 1. The smallest absolute Gasteiger partial charge is 0.822 e. The van der Waals surface area contributed by atoms with E-state index in [0.717, 1.165) is 25.7 Å². The molecule has 18 heteroatoms. The fourth-order valence-corrected chi connectivity index (χ4v) is 5.07. The van der Waals surface area contributed by atoms with E-state index in [2.05, 4.69) is 32.1 Å².